The molecule has 0 aliphatic heterocycles. The maximum atomic E-state index is 12.9. The molecule has 0 saturated heterocycles. The summed E-state index contributed by atoms with van der Waals surface area (Å²) < 4.78 is 11.2. The van der Waals surface area contributed by atoms with Crippen molar-refractivity contribution >= 4 is 61.3 Å². The van der Waals surface area contributed by atoms with Crippen molar-refractivity contribution in [2.45, 2.75) is 13.3 Å². The van der Waals surface area contributed by atoms with E-state index in [4.69, 9.17) is 4.42 Å². The molecule has 0 aliphatic carbocycles. The molecule has 5 aromatic heterocycles. The molecule has 11 nitrogen and oxygen atoms in total. The number of nitrogens with one attached hydrogen (secondary N) is 2. The van der Waals surface area contributed by atoms with Gasteiger partial charge in [0.2, 0.25) is 0 Å². The van der Waals surface area contributed by atoms with Crippen molar-refractivity contribution in [3.63, 3.8) is 0 Å². The molecule has 7 aromatic rings. The summed E-state index contributed by atoms with van der Waals surface area (Å²) in [6.45, 7) is 2.16. The topological polar surface area (TPSA) is 132 Å². The Morgan fingerprint density at radius 3 is 2.86 bits per heavy atom. The van der Waals surface area contributed by atoms with Gasteiger partial charge >= 0.3 is 146 Å². The first-order valence-corrected chi connectivity index (χ1v) is 17.3. The minimum absolute atomic E-state index is 0.139. The van der Waals surface area contributed by atoms with E-state index in [9.17, 15) is 9.59 Å². The van der Waals surface area contributed by atoms with Gasteiger partial charge in [-0.1, -0.05) is 12.1 Å². The van der Waals surface area contributed by atoms with E-state index in [1.54, 1.807) is 18.3 Å². The van der Waals surface area contributed by atoms with Crippen molar-refractivity contribution in [2.75, 3.05) is 15.1 Å². The Bertz CT molecular complexity index is 2080. The Hall–Kier alpha value is -4.41. The van der Waals surface area contributed by atoms with Gasteiger partial charge in [0.05, 0.1) is 0 Å². The number of carbonyl (C=O) groups excluding carboxylic acids is 2. The predicted molar refractivity (Wildman–Crippen MR) is 162 cm³/mol. The van der Waals surface area contributed by atoms with Crippen LogP contribution in [0, 0.1) is 0 Å². The van der Waals surface area contributed by atoms with Crippen molar-refractivity contribution in [3.8, 4) is 10.8 Å². The fourth-order valence-electron chi connectivity index (χ4n) is 4.47. The number of rotatable bonds is 9. The number of halogens is 1. The zero-order valence-electron chi connectivity index (χ0n) is 22.5. The van der Waals surface area contributed by atoms with Crippen LogP contribution in [0.1, 0.15) is 39.1 Å². The molecule has 0 spiro atoms. The third-order valence-corrected chi connectivity index (χ3v) is 10.2. The van der Waals surface area contributed by atoms with Crippen molar-refractivity contribution in [3.05, 3.63) is 101 Å². The zero-order valence-corrected chi connectivity index (χ0v) is 26.3. The summed E-state index contributed by atoms with van der Waals surface area (Å²) in [4.78, 5) is 35.2. The minimum atomic E-state index is -0.274. The number of fused-ring (bicyclic) bond motifs is 2. The Kier molecular flexibility index (Phi) is 7.46. The number of nitrogens with zero attached hydrogens (tertiary/aromatic N) is 6. The molecule has 14 heteroatoms. The third-order valence-electron chi connectivity index (χ3n) is 6.42. The summed E-state index contributed by atoms with van der Waals surface area (Å²) in [6.07, 6.45) is 5.94. The molecule has 43 heavy (non-hydrogen) atoms. The number of hydrogen-bond donors (Lipinski definition) is 2. The van der Waals surface area contributed by atoms with Gasteiger partial charge in [0.25, 0.3) is 5.91 Å². The summed E-state index contributed by atoms with van der Waals surface area (Å²) >= 11 is 2.57. The number of amides is 2. The Balaban J connectivity index is 0.991. The molecule has 7 rings (SSSR count). The molecule has 216 valence electrons. The molecule has 0 saturated carbocycles. The second-order valence-corrected chi connectivity index (χ2v) is 14.4. The van der Waals surface area contributed by atoms with Crippen molar-refractivity contribution in [1.29, 1.82) is 0 Å². The summed E-state index contributed by atoms with van der Waals surface area (Å²) in [6, 6.07) is 16.8. The van der Waals surface area contributed by atoms with Gasteiger partial charge in [-0.15, -0.1) is 11.3 Å². The maximum absolute atomic E-state index is 12.9. The van der Waals surface area contributed by atoms with Crippen LogP contribution in [-0.4, -0.2) is 43.6 Å². The van der Waals surface area contributed by atoms with Gasteiger partial charge in [-0.2, -0.15) is 0 Å². The number of aromatic nitrogens is 6. The van der Waals surface area contributed by atoms with Gasteiger partial charge < -0.3 is 5.32 Å². The van der Waals surface area contributed by atoms with E-state index in [2.05, 4.69) is 40.5 Å². The standard InChI is InChI=1S/C29H22IN8O3S2/c1-2-30-38-16-31-21-14-18(6-8-23(21)38)25(39)34-28-36-35-27(43-28)24-9-7-20(41-24)13-17-4-3-5-19(12-17)32-26(40)22-15-37-10-11-42-29(37)33-22/h3-12,14-16H,2,13H2,1H3,(H,32,40)(H,34,36,39)/q-1. The zero-order chi connectivity index (χ0) is 29.3. The molecule has 0 aliphatic rings. The van der Waals surface area contributed by atoms with Crippen LogP contribution >= 0.6 is 22.7 Å². The van der Waals surface area contributed by atoms with E-state index in [0.717, 1.165) is 31.7 Å². The summed E-state index contributed by atoms with van der Waals surface area (Å²) in [5.41, 5.74) is 4.35. The van der Waals surface area contributed by atoms with Crippen LogP contribution in [0.4, 0.5) is 10.8 Å². The number of hydrogen-bond acceptors (Lipinski definition) is 9. The van der Waals surface area contributed by atoms with Gasteiger partial charge in [0.1, 0.15) is 11.5 Å². The number of benzene rings is 2. The number of anilines is 2. The number of furan rings is 1. The van der Waals surface area contributed by atoms with E-state index >= 15 is 0 Å². The molecule has 0 bridgehead atoms. The van der Waals surface area contributed by atoms with Crippen molar-refractivity contribution < 1.29 is 35.5 Å². The first kappa shape index (κ1) is 27.4. The van der Waals surface area contributed by atoms with E-state index in [1.165, 1.54) is 22.7 Å². The summed E-state index contributed by atoms with van der Waals surface area (Å²) in [7, 11) is 0. The van der Waals surface area contributed by atoms with Gasteiger partial charge in [0.15, 0.2) is 4.96 Å². The second kappa shape index (κ2) is 11.7. The normalized spacial score (nSPS) is 11.5. The number of thiazole rings is 1. The Labute approximate surface area is 263 Å². The average molecular weight is 722 g/mol. The molecule has 2 amide bonds. The fourth-order valence-corrected chi connectivity index (χ4v) is 7.68. The molecule has 0 fully saturated rings. The summed E-state index contributed by atoms with van der Waals surface area (Å²) in [5.74, 6) is 0.747. The number of imidazole rings is 2. The van der Waals surface area contributed by atoms with E-state index in [-0.39, 0.29) is 33.3 Å². The first-order chi connectivity index (χ1) is 21.0. The van der Waals surface area contributed by atoms with Gasteiger partial charge in [0, 0.05) is 29.9 Å². The van der Waals surface area contributed by atoms with E-state index in [0.29, 0.717) is 39.3 Å². The predicted octanol–water partition coefficient (Wildman–Crippen LogP) is 2.82. The SMILES string of the molecule is CC[I-]n1cnc2cc(C(=O)Nc3nnc(-c4ccc(Cc5cccc(NC(=O)c6cn7ccsc7n6)c5)o4)s3)ccc21. The van der Waals surface area contributed by atoms with Crippen LogP contribution in [0.2, 0.25) is 0 Å². The number of alkyl halides is 1. The molecule has 0 atom stereocenters. The Morgan fingerprint density at radius 2 is 1.98 bits per heavy atom. The molecule has 0 radical (unpaired) electrons. The molecule has 5 heterocycles. The quantitative estimate of drug-likeness (QED) is 0.173. The second-order valence-electron chi connectivity index (χ2n) is 9.33. The van der Waals surface area contributed by atoms with Crippen LogP contribution in [0.15, 0.2) is 83.1 Å². The summed E-state index contributed by atoms with van der Waals surface area (Å²) in [5, 5.41) is 16.9. The third kappa shape index (κ3) is 5.80. The van der Waals surface area contributed by atoms with Crippen LogP contribution in [0.25, 0.3) is 26.8 Å². The van der Waals surface area contributed by atoms with Crippen LogP contribution in [0.5, 0.6) is 0 Å². The monoisotopic (exact) mass is 721 g/mol. The molecule has 2 aromatic carbocycles. The van der Waals surface area contributed by atoms with E-state index < -0.39 is 0 Å². The molecule has 2 N–H and O–H groups in total. The van der Waals surface area contributed by atoms with Gasteiger partial charge in [-0.3, -0.25) is 9.20 Å². The van der Waals surface area contributed by atoms with Gasteiger partial charge in [-0.05, 0) is 23.8 Å². The van der Waals surface area contributed by atoms with Crippen LogP contribution < -0.4 is 32.1 Å². The number of carbonyl (C=O) groups is 2. The molecular weight excluding hydrogens is 699 g/mol. The van der Waals surface area contributed by atoms with Crippen LogP contribution in [-0.2, 0) is 6.42 Å². The van der Waals surface area contributed by atoms with Crippen molar-refractivity contribution in [1.82, 2.24) is 27.3 Å². The average Bonchev–Trinajstić information content (AvgIpc) is 3.82. The van der Waals surface area contributed by atoms with Gasteiger partial charge in [-0.25, -0.2) is 4.98 Å². The van der Waals surface area contributed by atoms with Crippen molar-refractivity contribution in [2.24, 2.45) is 0 Å². The first-order valence-electron chi connectivity index (χ1n) is 13.2. The van der Waals surface area contributed by atoms with E-state index in [1.807, 2.05) is 64.8 Å². The van der Waals surface area contributed by atoms with Crippen LogP contribution in [0.3, 0.4) is 0 Å². The molecular formula is C29H22IN8O3S2-. The molecule has 0 unspecified atom stereocenters. The Morgan fingerprint density at radius 1 is 1.05 bits per heavy atom. The fraction of sp³-hybridized carbons (Fsp3) is 0.103.